The van der Waals surface area contributed by atoms with Crippen LogP contribution in [-0.4, -0.2) is 66.0 Å². The topological polar surface area (TPSA) is 70.1 Å². The van der Waals surface area contributed by atoms with Crippen molar-refractivity contribution in [3.63, 3.8) is 0 Å². The molecule has 2 aliphatic heterocycles. The van der Waals surface area contributed by atoms with Crippen molar-refractivity contribution in [1.82, 2.24) is 9.80 Å². The third-order valence-corrected chi connectivity index (χ3v) is 6.36. The van der Waals surface area contributed by atoms with Crippen LogP contribution >= 0.6 is 11.3 Å². The third kappa shape index (κ3) is 3.99. The van der Waals surface area contributed by atoms with Gasteiger partial charge in [0.25, 0.3) is 11.7 Å². The second-order valence-electron chi connectivity index (χ2n) is 7.33. The highest BCUT2D eigenvalue weighted by molar-refractivity contribution is 7.10. The number of aliphatic hydroxyl groups excluding tert-OH is 1. The number of ketones is 1. The Morgan fingerprint density at radius 2 is 1.86 bits per heavy atom. The number of rotatable bonds is 5. The maximum atomic E-state index is 12.9. The monoisotopic (exact) mass is 412 g/mol. The third-order valence-electron chi connectivity index (χ3n) is 5.44. The molecule has 3 heterocycles. The molecule has 2 saturated heterocycles. The fraction of sp³-hybridized carbons (Fsp3) is 0.364. The van der Waals surface area contributed by atoms with Crippen LogP contribution in [0.1, 0.15) is 22.0 Å². The van der Waals surface area contributed by atoms with Crippen molar-refractivity contribution in [1.29, 1.82) is 0 Å². The Morgan fingerprint density at radius 1 is 1.14 bits per heavy atom. The fourth-order valence-electron chi connectivity index (χ4n) is 3.79. The summed E-state index contributed by atoms with van der Waals surface area (Å²) < 4.78 is 5.38. The lowest BCUT2D eigenvalue weighted by Gasteiger charge is -2.30. The van der Waals surface area contributed by atoms with Gasteiger partial charge in [-0.05, 0) is 18.4 Å². The predicted molar refractivity (Wildman–Crippen MR) is 112 cm³/mol. The van der Waals surface area contributed by atoms with Crippen LogP contribution in [0.4, 0.5) is 0 Å². The molecule has 2 aromatic rings. The van der Waals surface area contributed by atoms with Gasteiger partial charge in [-0.3, -0.25) is 14.5 Å². The van der Waals surface area contributed by atoms with Crippen molar-refractivity contribution in [3.8, 4) is 0 Å². The Bertz CT molecular complexity index is 915. The molecule has 2 fully saturated rings. The van der Waals surface area contributed by atoms with Crippen molar-refractivity contribution in [2.75, 3.05) is 39.4 Å². The summed E-state index contributed by atoms with van der Waals surface area (Å²) in [6, 6.07) is 10.6. The largest absolute Gasteiger partial charge is 0.507 e. The quantitative estimate of drug-likeness (QED) is 0.465. The normalized spacial score (nSPS) is 22.4. The number of hydrogen-bond donors (Lipinski definition) is 1. The van der Waals surface area contributed by atoms with E-state index in [0.717, 1.165) is 23.5 Å². The minimum Gasteiger partial charge on any atom is -0.507 e. The summed E-state index contributed by atoms with van der Waals surface area (Å²) >= 11 is 1.48. The van der Waals surface area contributed by atoms with E-state index in [1.807, 2.05) is 36.6 Å². The van der Waals surface area contributed by atoms with Gasteiger partial charge in [-0.25, -0.2) is 0 Å². The average molecular weight is 413 g/mol. The van der Waals surface area contributed by atoms with Crippen LogP contribution in [0.25, 0.3) is 5.76 Å². The van der Waals surface area contributed by atoms with Gasteiger partial charge in [0.2, 0.25) is 0 Å². The van der Waals surface area contributed by atoms with Crippen LogP contribution in [-0.2, 0) is 14.3 Å². The number of carbonyl (C=O) groups is 2. The van der Waals surface area contributed by atoms with Gasteiger partial charge in [0.15, 0.2) is 0 Å². The van der Waals surface area contributed by atoms with E-state index >= 15 is 0 Å². The van der Waals surface area contributed by atoms with Gasteiger partial charge in [-0.1, -0.05) is 35.9 Å². The first-order valence-corrected chi connectivity index (χ1v) is 10.6. The maximum absolute atomic E-state index is 12.9. The van der Waals surface area contributed by atoms with Gasteiger partial charge in [-0.15, -0.1) is 11.3 Å². The zero-order valence-electron chi connectivity index (χ0n) is 16.3. The van der Waals surface area contributed by atoms with Crippen molar-refractivity contribution in [2.45, 2.75) is 13.0 Å². The minimum absolute atomic E-state index is 0.115. The molecule has 1 aromatic carbocycles. The predicted octanol–water partition coefficient (Wildman–Crippen LogP) is 2.81. The Morgan fingerprint density at radius 3 is 2.52 bits per heavy atom. The Labute approximate surface area is 174 Å². The van der Waals surface area contributed by atoms with E-state index in [0.29, 0.717) is 31.9 Å². The number of benzene rings is 1. The van der Waals surface area contributed by atoms with Crippen LogP contribution in [0.5, 0.6) is 0 Å². The fourth-order valence-corrected chi connectivity index (χ4v) is 4.64. The van der Waals surface area contributed by atoms with E-state index in [2.05, 4.69) is 4.90 Å². The zero-order valence-corrected chi connectivity index (χ0v) is 17.2. The Kier molecular flexibility index (Phi) is 5.80. The summed E-state index contributed by atoms with van der Waals surface area (Å²) in [5.41, 5.74) is 1.77. The molecular weight excluding hydrogens is 388 g/mol. The van der Waals surface area contributed by atoms with Gasteiger partial charge in [0.05, 0.1) is 24.8 Å². The minimum atomic E-state index is -0.622. The standard InChI is InChI=1S/C22H24N2O4S/c1-15-4-6-16(7-5-15)20(25)18-19(17-3-2-14-29-17)24(22(27)21(18)26)9-8-23-10-12-28-13-11-23/h2-7,14,19,25H,8-13H2,1H3/t19-/m1/s1. The van der Waals surface area contributed by atoms with E-state index in [1.54, 1.807) is 17.0 Å². The molecule has 4 rings (SSSR count). The van der Waals surface area contributed by atoms with E-state index in [9.17, 15) is 14.7 Å². The molecule has 2 aliphatic rings. The van der Waals surface area contributed by atoms with Crippen molar-refractivity contribution >= 4 is 28.8 Å². The first-order chi connectivity index (χ1) is 14.1. The van der Waals surface area contributed by atoms with Gasteiger partial charge >= 0.3 is 0 Å². The lowest BCUT2D eigenvalue weighted by molar-refractivity contribution is -0.140. The van der Waals surface area contributed by atoms with E-state index in [1.165, 1.54) is 11.3 Å². The van der Waals surface area contributed by atoms with Crippen molar-refractivity contribution in [2.24, 2.45) is 0 Å². The SMILES string of the molecule is Cc1ccc(C(O)=C2C(=O)C(=O)N(CCN3CCOCC3)[C@@H]2c2cccs2)cc1. The molecule has 1 atom stereocenters. The molecule has 0 radical (unpaired) electrons. The van der Waals surface area contributed by atoms with Crippen molar-refractivity contribution in [3.05, 3.63) is 63.4 Å². The van der Waals surface area contributed by atoms with Crippen molar-refractivity contribution < 1.29 is 19.4 Å². The second kappa shape index (κ2) is 8.49. The second-order valence-corrected chi connectivity index (χ2v) is 8.31. The van der Waals surface area contributed by atoms with Crippen LogP contribution in [0.2, 0.25) is 0 Å². The number of amides is 1. The highest BCUT2D eigenvalue weighted by Gasteiger charge is 2.46. The van der Waals surface area contributed by atoms with Crippen LogP contribution in [0, 0.1) is 6.92 Å². The summed E-state index contributed by atoms with van der Waals surface area (Å²) in [7, 11) is 0. The molecule has 0 unspecified atom stereocenters. The molecule has 0 spiro atoms. The molecule has 6 nitrogen and oxygen atoms in total. The number of likely N-dealkylation sites (tertiary alicyclic amines) is 1. The zero-order chi connectivity index (χ0) is 20.4. The molecule has 7 heteroatoms. The highest BCUT2D eigenvalue weighted by Crippen LogP contribution is 2.40. The summed E-state index contributed by atoms with van der Waals surface area (Å²) in [4.78, 5) is 30.5. The summed E-state index contributed by atoms with van der Waals surface area (Å²) in [6.07, 6.45) is 0. The maximum Gasteiger partial charge on any atom is 0.295 e. The lowest BCUT2D eigenvalue weighted by atomic mass is 9.99. The van der Waals surface area contributed by atoms with Gasteiger partial charge < -0.3 is 14.7 Å². The molecule has 0 saturated carbocycles. The molecule has 1 aromatic heterocycles. The first kappa shape index (κ1) is 19.8. The molecule has 29 heavy (non-hydrogen) atoms. The number of aliphatic hydroxyl groups is 1. The lowest BCUT2D eigenvalue weighted by Crippen LogP contribution is -2.42. The van der Waals surface area contributed by atoms with Gasteiger partial charge in [-0.2, -0.15) is 0 Å². The van der Waals surface area contributed by atoms with E-state index in [-0.39, 0.29) is 11.3 Å². The number of carbonyl (C=O) groups excluding carboxylic acids is 2. The van der Waals surface area contributed by atoms with Gasteiger partial charge in [0, 0.05) is 36.6 Å². The number of Topliss-reactive ketones (excluding diaryl/α,β-unsaturated/α-hetero) is 1. The van der Waals surface area contributed by atoms with Gasteiger partial charge in [0.1, 0.15) is 5.76 Å². The number of thiophene rings is 1. The molecule has 0 aliphatic carbocycles. The van der Waals surface area contributed by atoms with E-state index < -0.39 is 17.7 Å². The van der Waals surface area contributed by atoms with E-state index in [4.69, 9.17) is 4.74 Å². The number of morpholine rings is 1. The van der Waals surface area contributed by atoms with Crippen LogP contribution < -0.4 is 0 Å². The summed E-state index contributed by atoms with van der Waals surface area (Å²) in [5, 5.41) is 12.9. The van der Waals surface area contributed by atoms with Crippen LogP contribution in [0.15, 0.2) is 47.4 Å². The number of nitrogens with zero attached hydrogens (tertiary/aromatic N) is 2. The summed E-state index contributed by atoms with van der Waals surface area (Å²) in [6.45, 7) is 6.05. The summed E-state index contributed by atoms with van der Waals surface area (Å²) in [5.74, 6) is -1.29. The number of hydrogen-bond acceptors (Lipinski definition) is 6. The average Bonchev–Trinajstić information content (AvgIpc) is 3.35. The molecule has 0 bridgehead atoms. The number of ether oxygens (including phenoxy) is 1. The molecular formula is C22H24N2O4S. The number of aryl methyl sites for hydroxylation is 1. The van der Waals surface area contributed by atoms with Crippen LogP contribution in [0.3, 0.4) is 0 Å². The Hall–Kier alpha value is -2.48. The highest BCUT2D eigenvalue weighted by atomic mass is 32.1. The molecule has 1 amide bonds. The first-order valence-electron chi connectivity index (χ1n) is 9.75. The molecule has 152 valence electrons. The Balaban J connectivity index is 1.68. The molecule has 1 N–H and O–H groups in total. The smallest absolute Gasteiger partial charge is 0.295 e.